The first-order valence-corrected chi connectivity index (χ1v) is 9.02. The number of hydrogen-bond donors (Lipinski definition) is 0. The second-order valence-corrected chi connectivity index (χ2v) is 7.26. The van der Waals surface area contributed by atoms with Crippen LogP contribution in [-0.2, 0) is 30.2 Å². The molecule has 0 aliphatic carbocycles. The normalized spacial score (nSPS) is 14.9. The zero-order valence-corrected chi connectivity index (χ0v) is 16.6. The van der Waals surface area contributed by atoms with E-state index in [1.807, 2.05) is 14.1 Å². The maximum absolute atomic E-state index is 12.7. The Morgan fingerprint density at radius 2 is 1.61 bits per heavy atom. The van der Waals surface area contributed by atoms with Crippen molar-refractivity contribution in [3.8, 4) is 0 Å². The molecule has 3 heterocycles. The summed E-state index contributed by atoms with van der Waals surface area (Å²) in [7, 11) is 6.84. The van der Waals surface area contributed by atoms with Crippen LogP contribution in [-0.4, -0.2) is 92.0 Å². The van der Waals surface area contributed by atoms with Gasteiger partial charge in [0.2, 0.25) is 11.8 Å². The second-order valence-electron chi connectivity index (χ2n) is 7.26. The minimum absolute atomic E-state index is 0.0175. The molecule has 0 aromatic carbocycles. The Morgan fingerprint density at radius 1 is 1.04 bits per heavy atom. The van der Waals surface area contributed by atoms with Crippen LogP contribution < -0.4 is 11.2 Å². The van der Waals surface area contributed by atoms with Crippen LogP contribution in [0.25, 0.3) is 11.2 Å². The Hall–Kier alpha value is -2.95. The molecule has 1 saturated heterocycles. The summed E-state index contributed by atoms with van der Waals surface area (Å²) in [6, 6.07) is 0. The minimum Gasteiger partial charge on any atom is -0.338 e. The Balaban J connectivity index is 1.75. The van der Waals surface area contributed by atoms with Crippen molar-refractivity contribution in [3.63, 3.8) is 0 Å². The third-order valence-corrected chi connectivity index (χ3v) is 4.93. The molecule has 1 aliphatic heterocycles. The summed E-state index contributed by atoms with van der Waals surface area (Å²) in [6.45, 7) is 1.61. The predicted octanol–water partition coefficient (Wildman–Crippen LogP) is -2.33. The van der Waals surface area contributed by atoms with Gasteiger partial charge < -0.3 is 19.3 Å². The average molecular weight is 391 g/mol. The Bertz CT molecular complexity index is 1020. The lowest BCUT2D eigenvalue weighted by Crippen LogP contribution is -2.53. The summed E-state index contributed by atoms with van der Waals surface area (Å²) in [4.78, 5) is 59.2. The van der Waals surface area contributed by atoms with E-state index < -0.39 is 11.2 Å². The molecule has 0 bridgehead atoms. The molecule has 3 rings (SSSR count). The number of aromatic nitrogens is 4. The van der Waals surface area contributed by atoms with Gasteiger partial charge in [-0.05, 0) is 14.1 Å². The number of imidazole rings is 1. The van der Waals surface area contributed by atoms with Crippen molar-refractivity contribution in [3.05, 3.63) is 27.2 Å². The maximum Gasteiger partial charge on any atom is 0.332 e. The minimum atomic E-state index is -0.579. The lowest BCUT2D eigenvalue weighted by Gasteiger charge is -2.35. The van der Waals surface area contributed by atoms with E-state index in [0.717, 1.165) is 4.57 Å². The van der Waals surface area contributed by atoms with Crippen molar-refractivity contribution in [2.75, 3.05) is 46.8 Å². The number of hydrogen-bond acceptors (Lipinski definition) is 6. The molecule has 2 aromatic heterocycles. The third-order valence-electron chi connectivity index (χ3n) is 4.93. The van der Waals surface area contributed by atoms with Crippen LogP contribution in [0.5, 0.6) is 0 Å². The largest absolute Gasteiger partial charge is 0.338 e. The van der Waals surface area contributed by atoms with Crippen molar-refractivity contribution >= 4 is 23.0 Å². The summed E-state index contributed by atoms with van der Waals surface area (Å²) in [6.07, 6.45) is 1.46. The fourth-order valence-electron chi connectivity index (χ4n) is 3.35. The Labute approximate surface area is 161 Å². The number of carbonyl (C=O) groups is 2. The number of carbonyl (C=O) groups excluding carboxylic acids is 2. The maximum atomic E-state index is 12.7. The van der Waals surface area contributed by atoms with Crippen LogP contribution in [0.3, 0.4) is 0 Å². The monoisotopic (exact) mass is 391 g/mol. The molecular weight excluding hydrogens is 366 g/mol. The lowest BCUT2D eigenvalue weighted by atomic mass is 10.3. The van der Waals surface area contributed by atoms with Gasteiger partial charge in [-0.1, -0.05) is 0 Å². The summed E-state index contributed by atoms with van der Waals surface area (Å²) < 4.78 is 3.74. The Kier molecular flexibility index (Phi) is 5.36. The highest BCUT2D eigenvalue weighted by Gasteiger charge is 2.25. The van der Waals surface area contributed by atoms with Gasteiger partial charge in [-0.2, -0.15) is 0 Å². The van der Waals surface area contributed by atoms with Crippen molar-refractivity contribution in [1.29, 1.82) is 0 Å². The molecule has 11 heteroatoms. The van der Waals surface area contributed by atoms with Crippen molar-refractivity contribution < 1.29 is 9.59 Å². The summed E-state index contributed by atoms with van der Waals surface area (Å²) >= 11 is 0. The number of aryl methyl sites for hydroxylation is 2. The SMILES string of the molecule is CN(C)CC(=O)N1CCN(C(=O)Cn2c(=O)c3c(ncn3C)n(C)c2=O)CC1. The zero-order valence-electron chi connectivity index (χ0n) is 16.6. The fraction of sp³-hybridized carbons (Fsp3) is 0.588. The van der Waals surface area contributed by atoms with Crippen LogP contribution in [0.4, 0.5) is 0 Å². The number of fused-ring (bicyclic) bond motifs is 1. The van der Waals surface area contributed by atoms with Crippen molar-refractivity contribution in [2.24, 2.45) is 14.1 Å². The van der Waals surface area contributed by atoms with Gasteiger partial charge in [0.05, 0.1) is 12.9 Å². The van der Waals surface area contributed by atoms with Gasteiger partial charge in [-0.3, -0.25) is 19.0 Å². The van der Waals surface area contributed by atoms with Gasteiger partial charge >= 0.3 is 5.69 Å². The summed E-state index contributed by atoms with van der Waals surface area (Å²) in [5, 5.41) is 0. The fourth-order valence-corrected chi connectivity index (χ4v) is 3.35. The molecule has 0 N–H and O–H groups in total. The first-order chi connectivity index (χ1) is 13.2. The molecule has 1 aliphatic rings. The standard InChI is InChI=1S/C17H25N7O4/c1-19(2)9-12(25)22-5-7-23(8-6-22)13(26)10-24-16(27)14-15(18-11-20(14)3)21(4)17(24)28/h11H,5-10H2,1-4H3. The van der Waals surface area contributed by atoms with Gasteiger partial charge in [-0.25, -0.2) is 14.3 Å². The van der Waals surface area contributed by atoms with Crippen LogP contribution in [0.2, 0.25) is 0 Å². The van der Waals surface area contributed by atoms with Gasteiger partial charge in [0.15, 0.2) is 11.2 Å². The third kappa shape index (κ3) is 3.57. The van der Waals surface area contributed by atoms with Gasteiger partial charge in [0.25, 0.3) is 5.56 Å². The van der Waals surface area contributed by atoms with Crippen LogP contribution >= 0.6 is 0 Å². The smallest absolute Gasteiger partial charge is 0.332 e. The van der Waals surface area contributed by atoms with Crippen LogP contribution in [0.15, 0.2) is 15.9 Å². The highest BCUT2D eigenvalue weighted by Crippen LogP contribution is 2.06. The molecule has 0 atom stereocenters. The van der Waals surface area contributed by atoms with E-state index in [1.54, 1.807) is 21.7 Å². The molecule has 28 heavy (non-hydrogen) atoms. The topological polar surface area (TPSA) is 106 Å². The molecular formula is C17H25N7O4. The van der Waals surface area contributed by atoms with E-state index in [4.69, 9.17) is 0 Å². The van der Waals surface area contributed by atoms with Crippen LogP contribution in [0.1, 0.15) is 0 Å². The average Bonchev–Trinajstić information content (AvgIpc) is 3.04. The molecule has 0 spiro atoms. The predicted molar refractivity (Wildman–Crippen MR) is 102 cm³/mol. The van der Waals surface area contributed by atoms with E-state index >= 15 is 0 Å². The van der Waals surface area contributed by atoms with E-state index in [9.17, 15) is 19.2 Å². The molecule has 11 nitrogen and oxygen atoms in total. The first kappa shape index (κ1) is 19.8. The van der Waals surface area contributed by atoms with Crippen LogP contribution in [0, 0.1) is 0 Å². The van der Waals surface area contributed by atoms with Gasteiger partial charge in [-0.15, -0.1) is 0 Å². The number of likely N-dealkylation sites (N-methyl/N-ethyl adjacent to an activating group) is 1. The highest BCUT2D eigenvalue weighted by molar-refractivity contribution is 5.80. The zero-order chi connectivity index (χ0) is 20.6. The number of rotatable bonds is 4. The number of amides is 2. The molecule has 1 fully saturated rings. The molecule has 2 amide bonds. The quantitative estimate of drug-likeness (QED) is 0.579. The van der Waals surface area contributed by atoms with Gasteiger partial charge in [0, 0.05) is 40.3 Å². The summed E-state index contributed by atoms with van der Waals surface area (Å²) in [5.74, 6) is -0.302. The molecule has 0 unspecified atom stereocenters. The Morgan fingerprint density at radius 3 is 2.18 bits per heavy atom. The molecule has 152 valence electrons. The van der Waals surface area contributed by atoms with E-state index in [-0.39, 0.29) is 29.5 Å². The second kappa shape index (κ2) is 7.58. The van der Waals surface area contributed by atoms with Crippen molar-refractivity contribution in [1.82, 2.24) is 33.4 Å². The molecule has 0 saturated carbocycles. The van der Waals surface area contributed by atoms with E-state index in [2.05, 4.69) is 4.98 Å². The van der Waals surface area contributed by atoms with E-state index in [0.29, 0.717) is 32.7 Å². The lowest BCUT2D eigenvalue weighted by molar-refractivity contribution is -0.140. The molecule has 0 radical (unpaired) electrons. The van der Waals surface area contributed by atoms with E-state index in [1.165, 1.54) is 22.5 Å². The number of piperazine rings is 1. The van der Waals surface area contributed by atoms with Crippen molar-refractivity contribution in [2.45, 2.75) is 6.54 Å². The first-order valence-electron chi connectivity index (χ1n) is 9.02. The van der Waals surface area contributed by atoms with Gasteiger partial charge in [0.1, 0.15) is 6.54 Å². The highest BCUT2D eigenvalue weighted by atomic mass is 16.2. The number of nitrogens with zero attached hydrogens (tertiary/aromatic N) is 7. The molecule has 2 aromatic rings. The summed E-state index contributed by atoms with van der Waals surface area (Å²) in [5.41, 5.74) is -0.557.